The number of esters is 1. The summed E-state index contributed by atoms with van der Waals surface area (Å²) in [5.74, 6) is 0.903. The number of thiazole rings is 1. The minimum Gasteiger partial charge on any atom is -0.493 e. The first-order chi connectivity index (χ1) is 16.9. The number of hydrogen-bond donors (Lipinski definition) is 0. The lowest BCUT2D eigenvalue weighted by atomic mass is 9.96. The lowest BCUT2D eigenvalue weighted by molar-refractivity contribution is -0.139. The van der Waals surface area contributed by atoms with Gasteiger partial charge in [-0.25, -0.2) is 9.79 Å². The molecule has 4 rings (SSSR count). The molecule has 1 atom stereocenters. The molecule has 1 aliphatic heterocycles. The molecule has 182 valence electrons. The second kappa shape index (κ2) is 10.2. The number of carbonyl (C=O) groups is 1. The van der Waals surface area contributed by atoms with E-state index < -0.39 is 12.0 Å². The molecule has 0 saturated heterocycles. The molecule has 0 saturated carbocycles. The Kier molecular flexibility index (Phi) is 7.07. The number of rotatable bonds is 7. The Morgan fingerprint density at radius 2 is 1.77 bits per heavy atom. The van der Waals surface area contributed by atoms with E-state index in [-0.39, 0.29) is 12.2 Å². The molecule has 0 N–H and O–H groups in total. The Balaban J connectivity index is 1.96. The fourth-order valence-corrected chi connectivity index (χ4v) is 5.16. The van der Waals surface area contributed by atoms with E-state index in [2.05, 4.69) is 4.99 Å². The van der Waals surface area contributed by atoms with Crippen LogP contribution < -0.4 is 29.1 Å². The van der Waals surface area contributed by atoms with Gasteiger partial charge in [0, 0.05) is 5.56 Å². The number of methoxy groups -OCH3 is 3. The van der Waals surface area contributed by atoms with E-state index in [0.29, 0.717) is 43.4 Å². The number of allylic oxidation sites excluding steroid dienone is 1. The number of hydrogen-bond acceptors (Lipinski definition) is 8. The van der Waals surface area contributed by atoms with E-state index in [1.54, 1.807) is 43.7 Å². The first kappa shape index (κ1) is 24.3. The zero-order valence-electron chi connectivity index (χ0n) is 20.2. The minimum absolute atomic E-state index is 0.223. The Bertz CT molecular complexity index is 1470. The van der Waals surface area contributed by atoms with Gasteiger partial charge >= 0.3 is 5.97 Å². The first-order valence-electron chi connectivity index (χ1n) is 11.0. The molecule has 0 spiro atoms. The largest absolute Gasteiger partial charge is 0.493 e. The van der Waals surface area contributed by atoms with Gasteiger partial charge in [0.25, 0.3) is 5.56 Å². The molecule has 0 radical (unpaired) electrons. The highest BCUT2D eigenvalue weighted by molar-refractivity contribution is 7.07. The molecular formula is C26H26N2O6S. The van der Waals surface area contributed by atoms with Crippen molar-refractivity contribution in [1.29, 1.82) is 0 Å². The third-order valence-corrected chi connectivity index (χ3v) is 6.64. The van der Waals surface area contributed by atoms with E-state index in [1.807, 2.05) is 30.3 Å². The summed E-state index contributed by atoms with van der Waals surface area (Å²) in [6.45, 7) is 3.73. The molecule has 9 heteroatoms. The van der Waals surface area contributed by atoms with Crippen LogP contribution in [0.25, 0.3) is 6.08 Å². The van der Waals surface area contributed by atoms with Gasteiger partial charge in [-0.15, -0.1) is 0 Å². The molecule has 1 aromatic heterocycles. The maximum Gasteiger partial charge on any atom is 0.338 e. The topological polar surface area (TPSA) is 88.4 Å². The van der Waals surface area contributed by atoms with Crippen molar-refractivity contribution in [3.05, 3.63) is 84.5 Å². The summed E-state index contributed by atoms with van der Waals surface area (Å²) in [4.78, 5) is 31.7. The van der Waals surface area contributed by atoms with Gasteiger partial charge in [-0.2, -0.15) is 0 Å². The molecule has 1 aliphatic rings. The number of benzene rings is 2. The maximum absolute atomic E-state index is 13.7. The van der Waals surface area contributed by atoms with Crippen LogP contribution in [0.2, 0.25) is 0 Å². The Morgan fingerprint density at radius 3 is 2.40 bits per heavy atom. The lowest BCUT2D eigenvalue weighted by Gasteiger charge is -2.24. The van der Waals surface area contributed by atoms with Gasteiger partial charge in [-0.05, 0) is 37.6 Å². The van der Waals surface area contributed by atoms with E-state index in [4.69, 9.17) is 18.9 Å². The third kappa shape index (κ3) is 4.35. The van der Waals surface area contributed by atoms with Crippen molar-refractivity contribution in [2.75, 3.05) is 27.9 Å². The Labute approximate surface area is 206 Å². The van der Waals surface area contributed by atoms with Crippen LogP contribution in [0.4, 0.5) is 0 Å². The molecular weight excluding hydrogens is 468 g/mol. The average Bonchev–Trinajstić information content (AvgIpc) is 3.17. The van der Waals surface area contributed by atoms with E-state index in [1.165, 1.54) is 25.6 Å². The normalized spacial score (nSPS) is 15.3. The van der Waals surface area contributed by atoms with E-state index in [0.717, 1.165) is 5.56 Å². The van der Waals surface area contributed by atoms with Crippen LogP contribution in [0.1, 0.15) is 31.0 Å². The van der Waals surface area contributed by atoms with E-state index in [9.17, 15) is 9.59 Å². The van der Waals surface area contributed by atoms with Gasteiger partial charge < -0.3 is 18.9 Å². The summed E-state index contributed by atoms with van der Waals surface area (Å²) in [5.41, 5.74) is 2.04. The fourth-order valence-electron chi connectivity index (χ4n) is 4.12. The van der Waals surface area contributed by atoms with Crippen molar-refractivity contribution in [3.8, 4) is 17.2 Å². The van der Waals surface area contributed by atoms with Crippen molar-refractivity contribution in [2.24, 2.45) is 4.99 Å². The first-order valence-corrected chi connectivity index (χ1v) is 11.8. The van der Waals surface area contributed by atoms with Crippen LogP contribution in [0.15, 0.2) is 63.5 Å². The van der Waals surface area contributed by atoms with Crippen LogP contribution in [-0.4, -0.2) is 38.5 Å². The quantitative estimate of drug-likeness (QED) is 0.470. The van der Waals surface area contributed by atoms with Gasteiger partial charge in [0.15, 0.2) is 16.3 Å². The number of nitrogens with zero attached hydrogens (tertiary/aromatic N) is 2. The van der Waals surface area contributed by atoms with Crippen molar-refractivity contribution < 1.29 is 23.7 Å². The summed E-state index contributed by atoms with van der Waals surface area (Å²) < 4.78 is 23.7. The predicted octanol–water partition coefficient (Wildman–Crippen LogP) is 2.82. The highest BCUT2D eigenvalue weighted by atomic mass is 32.1. The molecule has 3 aromatic rings. The van der Waals surface area contributed by atoms with E-state index >= 15 is 0 Å². The number of ether oxygens (including phenoxy) is 4. The fraction of sp³-hybridized carbons (Fsp3) is 0.269. The van der Waals surface area contributed by atoms with Gasteiger partial charge in [-0.3, -0.25) is 9.36 Å². The zero-order chi connectivity index (χ0) is 25.1. The highest BCUT2D eigenvalue weighted by Crippen LogP contribution is 2.40. The lowest BCUT2D eigenvalue weighted by Crippen LogP contribution is -2.39. The Hall–Kier alpha value is -3.85. The molecule has 8 nitrogen and oxygen atoms in total. The molecule has 35 heavy (non-hydrogen) atoms. The summed E-state index contributed by atoms with van der Waals surface area (Å²) in [6.07, 6.45) is 1.73. The van der Waals surface area contributed by atoms with Gasteiger partial charge in [0.2, 0.25) is 5.75 Å². The molecule has 0 aliphatic carbocycles. The van der Waals surface area contributed by atoms with Crippen molar-refractivity contribution in [3.63, 3.8) is 0 Å². The number of carbonyl (C=O) groups excluding carboxylic acids is 1. The monoisotopic (exact) mass is 494 g/mol. The van der Waals surface area contributed by atoms with Crippen LogP contribution >= 0.6 is 11.3 Å². The zero-order valence-corrected chi connectivity index (χ0v) is 21.0. The smallest absolute Gasteiger partial charge is 0.338 e. The second-order valence-electron chi connectivity index (χ2n) is 7.64. The van der Waals surface area contributed by atoms with Crippen molar-refractivity contribution in [2.45, 2.75) is 19.9 Å². The highest BCUT2D eigenvalue weighted by Gasteiger charge is 2.33. The molecule has 0 amide bonds. The van der Waals surface area contributed by atoms with Gasteiger partial charge in [-0.1, -0.05) is 41.7 Å². The van der Waals surface area contributed by atoms with Crippen LogP contribution in [0.5, 0.6) is 17.2 Å². The van der Waals surface area contributed by atoms with Gasteiger partial charge in [0.1, 0.15) is 0 Å². The van der Waals surface area contributed by atoms with Crippen molar-refractivity contribution in [1.82, 2.24) is 4.57 Å². The molecule has 1 unspecified atom stereocenters. The van der Waals surface area contributed by atoms with Crippen LogP contribution in [0, 0.1) is 0 Å². The molecule has 2 aromatic carbocycles. The average molecular weight is 495 g/mol. The van der Waals surface area contributed by atoms with Gasteiger partial charge in [0.05, 0.1) is 49.8 Å². The Morgan fingerprint density at radius 1 is 1.06 bits per heavy atom. The summed E-state index contributed by atoms with van der Waals surface area (Å²) in [5, 5.41) is 0. The summed E-state index contributed by atoms with van der Waals surface area (Å²) >= 11 is 1.24. The van der Waals surface area contributed by atoms with Crippen LogP contribution in [-0.2, 0) is 9.53 Å². The summed E-state index contributed by atoms with van der Waals surface area (Å²) in [7, 11) is 4.60. The third-order valence-electron chi connectivity index (χ3n) is 5.65. The standard InChI is InChI=1S/C26H26N2O6S/c1-6-34-25(30)20-15(2)27-26-28(21(20)16-10-8-7-9-11-16)24(29)19(35-26)14-17-12-13-18(31-3)23(33-5)22(17)32-4/h7-14,21H,6H2,1-5H3/b19-14+. The summed E-state index contributed by atoms with van der Waals surface area (Å²) in [6, 6.07) is 12.3. The maximum atomic E-state index is 13.7. The predicted molar refractivity (Wildman–Crippen MR) is 133 cm³/mol. The molecule has 2 heterocycles. The number of fused-ring (bicyclic) bond motifs is 1. The molecule has 0 bridgehead atoms. The van der Waals surface area contributed by atoms with Crippen molar-refractivity contribution >= 4 is 23.4 Å². The minimum atomic E-state index is -0.652. The molecule has 0 fully saturated rings. The number of aromatic nitrogens is 1. The second-order valence-corrected chi connectivity index (χ2v) is 8.65. The van der Waals surface area contributed by atoms with Crippen LogP contribution in [0.3, 0.4) is 0 Å². The SMILES string of the molecule is CCOC(=O)C1=C(C)N=c2s/c(=C/c3ccc(OC)c(OC)c3OC)c(=O)n2C1c1ccccc1.